The Hall–Kier alpha value is -2.04. The number of hydrogen-bond acceptors (Lipinski definition) is 4. The summed E-state index contributed by atoms with van der Waals surface area (Å²) < 4.78 is 10.5. The topological polar surface area (TPSA) is 64.6 Å². The van der Waals surface area contributed by atoms with Crippen LogP contribution in [0.5, 0.6) is 0 Å². The number of benzene rings is 1. The Morgan fingerprint density at radius 3 is 2.38 bits per heavy atom. The summed E-state index contributed by atoms with van der Waals surface area (Å²) in [7, 11) is 1.32. The van der Waals surface area contributed by atoms with Gasteiger partial charge in [-0.05, 0) is 37.2 Å². The van der Waals surface area contributed by atoms with Crippen molar-refractivity contribution in [2.45, 2.75) is 57.6 Å². The Morgan fingerprint density at radius 2 is 1.88 bits per heavy atom. The average molecular weight is 333 g/mol. The maximum Gasteiger partial charge on any atom is 0.408 e. The number of hydrogen-bond donors (Lipinski definition) is 1. The van der Waals surface area contributed by atoms with E-state index in [1.807, 2.05) is 44.2 Å². The minimum atomic E-state index is -0.670. The highest BCUT2D eigenvalue weighted by molar-refractivity contribution is 5.81. The van der Waals surface area contributed by atoms with E-state index < -0.39 is 23.7 Å². The molecule has 1 saturated carbocycles. The van der Waals surface area contributed by atoms with E-state index in [-0.39, 0.29) is 5.92 Å². The van der Waals surface area contributed by atoms with Gasteiger partial charge in [0.15, 0.2) is 0 Å². The summed E-state index contributed by atoms with van der Waals surface area (Å²) in [5, 5.41) is 2.67. The normalized spacial score (nSPS) is 16.8. The van der Waals surface area contributed by atoms with Gasteiger partial charge in [0.25, 0.3) is 0 Å². The first-order valence-electron chi connectivity index (χ1n) is 8.55. The van der Waals surface area contributed by atoms with Gasteiger partial charge in [-0.15, -0.1) is 0 Å². The van der Waals surface area contributed by atoms with E-state index in [4.69, 9.17) is 9.47 Å². The van der Waals surface area contributed by atoms with E-state index in [1.54, 1.807) is 0 Å². The summed E-state index contributed by atoms with van der Waals surface area (Å²) >= 11 is 0. The average Bonchev–Trinajstić information content (AvgIpc) is 2.51. The SMILES string of the molecule is COC(=O)C(CC(C)C)NC(=O)OC1(Cc2ccccc2)CCC1. The maximum absolute atomic E-state index is 12.3. The van der Waals surface area contributed by atoms with Crippen molar-refractivity contribution < 1.29 is 19.1 Å². The zero-order chi connectivity index (χ0) is 17.6. The quantitative estimate of drug-likeness (QED) is 0.776. The van der Waals surface area contributed by atoms with Crippen LogP contribution >= 0.6 is 0 Å². The summed E-state index contributed by atoms with van der Waals surface area (Å²) in [5.74, 6) is -0.178. The van der Waals surface area contributed by atoms with E-state index in [9.17, 15) is 9.59 Å². The highest BCUT2D eigenvalue weighted by Gasteiger charge is 2.41. The largest absolute Gasteiger partial charge is 0.467 e. The van der Waals surface area contributed by atoms with Crippen molar-refractivity contribution in [2.24, 2.45) is 5.92 Å². The standard InChI is InChI=1S/C19H27NO4/c1-14(2)12-16(17(21)23-3)20-18(22)24-19(10-7-11-19)13-15-8-5-4-6-9-15/h4-6,8-9,14,16H,7,10-13H2,1-3H3,(H,20,22). The van der Waals surface area contributed by atoms with Crippen molar-refractivity contribution in [3.05, 3.63) is 35.9 Å². The summed E-state index contributed by atoms with van der Waals surface area (Å²) in [6, 6.07) is 9.35. The molecule has 0 bridgehead atoms. The molecule has 0 aliphatic heterocycles. The molecule has 132 valence electrons. The van der Waals surface area contributed by atoms with Crippen molar-refractivity contribution in [2.75, 3.05) is 7.11 Å². The van der Waals surface area contributed by atoms with Crippen LogP contribution in [0, 0.1) is 5.92 Å². The van der Waals surface area contributed by atoms with Crippen molar-refractivity contribution in [1.82, 2.24) is 5.32 Å². The molecule has 5 nitrogen and oxygen atoms in total. The van der Waals surface area contributed by atoms with E-state index >= 15 is 0 Å². The van der Waals surface area contributed by atoms with Gasteiger partial charge in [-0.25, -0.2) is 9.59 Å². The highest BCUT2D eigenvalue weighted by atomic mass is 16.6. The van der Waals surface area contributed by atoms with Crippen LogP contribution in [0.2, 0.25) is 0 Å². The molecular weight excluding hydrogens is 306 g/mol. The molecule has 0 radical (unpaired) electrons. The molecule has 1 aromatic carbocycles. The van der Waals surface area contributed by atoms with Crippen LogP contribution in [0.25, 0.3) is 0 Å². The van der Waals surface area contributed by atoms with Crippen LogP contribution in [0.4, 0.5) is 4.79 Å². The molecule has 24 heavy (non-hydrogen) atoms. The summed E-state index contributed by atoms with van der Waals surface area (Å²) in [5.41, 5.74) is 0.695. The van der Waals surface area contributed by atoms with Crippen molar-refractivity contribution >= 4 is 12.1 Å². The first-order valence-corrected chi connectivity index (χ1v) is 8.55. The molecule has 0 heterocycles. The van der Waals surface area contributed by atoms with Gasteiger partial charge >= 0.3 is 12.1 Å². The molecule has 1 N–H and O–H groups in total. The Kier molecular flexibility index (Phi) is 6.23. The number of carbonyl (C=O) groups is 2. The van der Waals surface area contributed by atoms with Crippen molar-refractivity contribution in [3.8, 4) is 0 Å². The zero-order valence-electron chi connectivity index (χ0n) is 14.7. The second-order valence-corrected chi connectivity index (χ2v) is 6.94. The number of carbonyl (C=O) groups excluding carboxylic acids is 2. The fraction of sp³-hybridized carbons (Fsp3) is 0.579. The Bertz CT molecular complexity index is 552. The van der Waals surface area contributed by atoms with Gasteiger partial charge in [0, 0.05) is 6.42 Å². The third-order valence-electron chi connectivity index (χ3n) is 4.43. The van der Waals surface area contributed by atoms with E-state index in [2.05, 4.69) is 5.32 Å². The monoisotopic (exact) mass is 333 g/mol. The number of ether oxygens (including phenoxy) is 2. The van der Waals surface area contributed by atoms with E-state index in [0.717, 1.165) is 24.8 Å². The highest BCUT2D eigenvalue weighted by Crippen LogP contribution is 2.38. The van der Waals surface area contributed by atoms with Crippen LogP contribution < -0.4 is 5.32 Å². The minimum absolute atomic E-state index is 0.261. The Morgan fingerprint density at radius 1 is 1.21 bits per heavy atom. The van der Waals surface area contributed by atoms with Crippen LogP contribution in [0.1, 0.15) is 45.1 Å². The van der Waals surface area contributed by atoms with E-state index in [0.29, 0.717) is 12.8 Å². The van der Waals surface area contributed by atoms with Gasteiger partial charge in [-0.3, -0.25) is 0 Å². The van der Waals surface area contributed by atoms with Crippen LogP contribution in [0.15, 0.2) is 30.3 Å². The van der Waals surface area contributed by atoms with Gasteiger partial charge in [0.1, 0.15) is 11.6 Å². The maximum atomic E-state index is 12.3. The molecular formula is C19H27NO4. The first-order chi connectivity index (χ1) is 11.4. The molecule has 2 rings (SSSR count). The second kappa shape index (κ2) is 8.18. The lowest BCUT2D eigenvalue weighted by molar-refractivity contribution is -0.143. The predicted molar refractivity (Wildman–Crippen MR) is 91.6 cm³/mol. The lowest BCUT2D eigenvalue weighted by Gasteiger charge is -2.41. The predicted octanol–water partition coefficient (Wildman–Crippen LogP) is 3.47. The summed E-state index contributed by atoms with van der Waals surface area (Å²) in [6.45, 7) is 3.98. The lowest BCUT2D eigenvalue weighted by Crippen LogP contribution is -2.50. The third-order valence-corrected chi connectivity index (χ3v) is 4.43. The van der Waals surface area contributed by atoms with Gasteiger partial charge in [0.05, 0.1) is 7.11 Å². The Balaban J connectivity index is 1.96. The van der Waals surface area contributed by atoms with Gasteiger partial charge in [-0.1, -0.05) is 44.2 Å². The smallest absolute Gasteiger partial charge is 0.408 e. The Labute approximate surface area is 143 Å². The molecule has 5 heteroatoms. The molecule has 1 atom stereocenters. The molecule has 1 aliphatic carbocycles. The lowest BCUT2D eigenvalue weighted by atomic mass is 9.76. The van der Waals surface area contributed by atoms with Gasteiger partial charge in [-0.2, -0.15) is 0 Å². The molecule has 1 aromatic rings. The summed E-state index contributed by atoms with van der Waals surface area (Å²) in [6.07, 6.45) is 3.43. The van der Waals surface area contributed by atoms with E-state index in [1.165, 1.54) is 7.11 Å². The fourth-order valence-electron chi connectivity index (χ4n) is 3.05. The van der Waals surface area contributed by atoms with Gasteiger partial charge in [0.2, 0.25) is 0 Å². The van der Waals surface area contributed by atoms with Crippen LogP contribution in [-0.4, -0.2) is 30.8 Å². The number of rotatable bonds is 7. The molecule has 1 aliphatic rings. The molecule has 0 spiro atoms. The van der Waals surface area contributed by atoms with Crippen LogP contribution in [0.3, 0.4) is 0 Å². The van der Waals surface area contributed by atoms with Crippen LogP contribution in [-0.2, 0) is 20.7 Å². The second-order valence-electron chi connectivity index (χ2n) is 6.94. The number of esters is 1. The first kappa shape index (κ1) is 18.3. The molecule has 0 aromatic heterocycles. The number of alkyl carbamates (subject to hydrolysis) is 1. The molecule has 1 unspecified atom stereocenters. The zero-order valence-corrected chi connectivity index (χ0v) is 14.7. The molecule has 1 fully saturated rings. The minimum Gasteiger partial charge on any atom is -0.467 e. The van der Waals surface area contributed by atoms with Crippen molar-refractivity contribution in [1.29, 1.82) is 0 Å². The number of nitrogens with one attached hydrogen (secondary N) is 1. The fourth-order valence-corrected chi connectivity index (χ4v) is 3.05. The molecule has 0 saturated heterocycles. The third kappa shape index (κ3) is 4.98. The van der Waals surface area contributed by atoms with Crippen molar-refractivity contribution in [3.63, 3.8) is 0 Å². The summed E-state index contributed by atoms with van der Waals surface area (Å²) in [4.78, 5) is 24.1. The molecule has 1 amide bonds. The number of methoxy groups -OCH3 is 1. The van der Waals surface area contributed by atoms with Gasteiger partial charge < -0.3 is 14.8 Å². The number of amides is 1.